The van der Waals surface area contributed by atoms with E-state index >= 15 is 0 Å². The fourth-order valence-electron chi connectivity index (χ4n) is 0. The summed E-state index contributed by atoms with van der Waals surface area (Å²) in [5.41, 5.74) is 0. The molecule has 0 aliphatic carbocycles. The first-order valence-electron chi connectivity index (χ1n) is 1.00. The zero-order valence-electron chi connectivity index (χ0n) is 2.71. The second-order valence-electron chi connectivity index (χ2n) is 0. The second-order valence-corrected chi connectivity index (χ2v) is 0. The Bertz CT molecular complexity index is 8.00. The molecule has 0 radical (unpaired) electrons. The van der Waals surface area contributed by atoms with Crippen LogP contribution in [0.2, 0.25) is 0 Å². The van der Waals surface area contributed by atoms with Crippen LogP contribution in [0.4, 0.5) is 0 Å². The Morgan fingerprint density at radius 3 is 1.25 bits per heavy atom. The van der Waals surface area contributed by atoms with Crippen molar-refractivity contribution < 1.29 is 19.5 Å². The number of hydrogen-bond donors (Lipinski definition) is 0. The molecule has 0 heterocycles. The minimum Gasteiger partial charge on any atom is -0.0504 e. The molecule has 0 aliphatic rings. The Kier molecular flexibility index (Phi) is 79.2. The summed E-state index contributed by atoms with van der Waals surface area (Å²) in [5.74, 6) is 0. The third-order valence-electron chi connectivity index (χ3n) is 0. The van der Waals surface area contributed by atoms with Gasteiger partial charge in [-0.3, -0.25) is 0 Å². The molecule has 0 saturated heterocycles. The summed E-state index contributed by atoms with van der Waals surface area (Å²) in [6.45, 7) is 0. The third-order valence-corrected chi connectivity index (χ3v) is 0. The van der Waals surface area contributed by atoms with Crippen molar-refractivity contribution in [2.75, 3.05) is 0 Å². The zero-order chi connectivity index (χ0) is 2.00. The van der Waals surface area contributed by atoms with Crippen molar-refractivity contribution in [3.63, 3.8) is 0 Å². The molecule has 18 valence electrons. The Labute approximate surface area is 66.3 Å². The summed E-state index contributed by atoms with van der Waals surface area (Å²) < 4.78 is 0. The fraction of sp³-hybridized carbons (Fsp3) is 0. The molecular weight excluding hydrogens is 145 g/mol. The Hall–Kier alpha value is 2.14. The molecule has 0 fully saturated rings. The van der Waals surface area contributed by atoms with Crippen molar-refractivity contribution >= 4 is 47.5 Å². The largest absolute Gasteiger partial charge is 0.316 e. The van der Waals surface area contributed by atoms with Crippen LogP contribution in [0, 0.1) is 0 Å². The van der Waals surface area contributed by atoms with Gasteiger partial charge in [-0.15, -0.1) is 0 Å². The molecule has 0 amide bonds. The van der Waals surface area contributed by atoms with E-state index < -0.39 is 0 Å². The van der Waals surface area contributed by atoms with Crippen LogP contribution in [0.5, 0.6) is 0 Å². The van der Waals surface area contributed by atoms with E-state index in [2.05, 4.69) is 0 Å². The molecule has 0 aliphatic heterocycles. The van der Waals surface area contributed by atoms with Gasteiger partial charge in [-0.2, -0.15) is 0 Å². The normalized spacial score (nSPS) is 2.00. The fourth-order valence-corrected chi connectivity index (χ4v) is 0. The molecule has 0 aromatic rings. The third kappa shape index (κ3) is 8.91. The van der Waals surface area contributed by atoms with Gasteiger partial charge in [0, 0.05) is 19.5 Å². The van der Waals surface area contributed by atoms with E-state index in [0.29, 0.717) is 0 Å². The molecule has 0 nitrogen and oxygen atoms in total. The summed E-state index contributed by atoms with van der Waals surface area (Å²) in [7, 11) is 1.44. The molecule has 0 spiro atoms. The Morgan fingerprint density at radius 2 is 1.25 bits per heavy atom. The van der Waals surface area contributed by atoms with Gasteiger partial charge in [0.2, 0.25) is 0 Å². The van der Waals surface area contributed by atoms with Gasteiger partial charge < -0.3 is 0 Å². The molecule has 0 N–H and O–H groups in total. The average Bonchev–Trinajstić information content (AvgIpc) is 1.00. The van der Waals surface area contributed by atoms with Gasteiger partial charge in [-0.1, -0.05) is 8.80 Å². The van der Waals surface area contributed by atoms with Gasteiger partial charge in [0.15, 0.2) is 15.6 Å². The van der Waals surface area contributed by atoms with Crippen molar-refractivity contribution in [1.29, 1.82) is 0 Å². The van der Waals surface area contributed by atoms with Crippen LogP contribution in [0.25, 0.3) is 0 Å². The maximum atomic E-state index is 1.44. The zero-order valence-corrected chi connectivity index (χ0v) is 9.67. The Morgan fingerprint density at radius 1 is 1.25 bits per heavy atom. The minimum absolute atomic E-state index is 0. The molecular formula is H7AlMgSiZn. The standard InChI is InChI=1S/Al.Mg.H3Si.Zn.4H/h;;1H3;;;;;. The quantitative estimate of drug-likeness (QED) is 0.324. The van der Waals surface area contributed by atoms with Crippen molar-refractivity contribution in [3.05, 3.63) is 0 Å². The molecule has 0 rings (SSSR count). The molecule has 0 saturated carbocycles. The SMILES string of the molecule is [AlH2][SiH3].[MgH2].[Zn]. The maximum absolute atomic E-state index is 1.44. The van der Waals surface area contributed by atoms with Gasteiger partial charge >= 0.3 is 23.1 Å². The van der Waals surface area contributed by atoms with Gasteiger partial charge in [0.25, 0.3) is 0 Å². The van der Waals surface area contributed by atoms with Gasteiger partial charge in [-0.25, -0.2) is 0 Å². The van der Waals surface area contributed by atoms with E-state index in [0.717, 1.165) is 0 Å². The van der Waals surface area contributed by atoms with Crippen LogP contribution >= 0.6 is 0 Å². The molecule has 4 heavy (non-hydrogen) atoms. The van der Waals surface area contributed by atoms with Crippen molar-refractivity contribution in [2.45, 2.75) is 0 Å². The first kappa shape index (κ1) is 16.5. The molecule has 0 atom stereocenters. The van der Waals surface area contributed by atoms with E-state index in [1.807, 2.05) is 0 Å². The Balaban J connectivity index is -0.00000000500. The number of hydrogen-bond acceptors (Lipinski definition) is 0. The summed E-state index contributed by atoms with van der Waals surface area (Å²) in [4.78, 5) is 0. The molecule has 0 aromatic carbocycles. The predicted octanol–water partition coefficient (Wildman–Crippen LogP) is -3.02. The topological polar surface area (TPSA) is 0 Å². The van der Waals surface area contributed by atoms with E-state index in [-0.39, 0.29) is 42.5 Å². The van der Waals surface area contributed by atoms with E-state index in [1.165, 1.54) is 24.4 Å². The summed E-state index contributed by atoms with van der Waals surface area (Å²) in [6, 6.07) is 0. The molecule has 0 unspecified atom stereocenters. The van der Waals surface area contributed by atoms with Crippen LogP contribution in [0.15, 0.2) is 0 Å². The second kappa shape index (κ2) is 19.2. The molecule has 4 heteroatoms. The summed E-state index contributed by atoms with van der Waals surface area (Å²) in [5, 5.41) is 0. The smallest absolute Gasteiger partial charge is 0.0504 e. The van der Waals surface area contributed by atoms with E-state index in [1.54, 1.807) is 0 Å². The first-order chi connectivity index (χ1) is 1.00. The van der Waals surface area contributed by atoms with Crippen molar-refractivity contribution in [2.24, 2.45) is 0 Å². The van der Waals surface area contributed by atoms with Gasteiger partial charge in [0.1, 0.15) is 0 Å². The van der Waals surface area contributed by atoms with Gasteiger partial charge in [-0.05, 0) is 0 Å². The summed E-state index contributed by atoms with van der Waals surface area (Å²) in [6.07, 6.45) is 0. The van der Waals surface area contributed by atoms with Crippen LogP contribution in [0.3, 0.4) is 0 Å². The minimum atomic E-state index is 0. The van der Waals surface area contributed by atoms with Crippen LogP contribution in [0.1, 0.15) is 0 Å². The summed E-state index contributed by atoms with van der Waals surface area (Å²) >= 11 is 1.44. The van der Waals surface area contributed by atoms with Crippen LogP contribution in [-0.2, 0) is 19.5 Å². The van der Waals surface area contributed by atoms with Gasteiger partial charge in [0.05, 0.1) is 0 Å². The van der Waals surface area contributed by atoms with E-state index in [4.69, 9.17) is 0 Å². The van der Waals surface area contributed by atoms with Crippen LogP contribution < -0.4 is 0 Å². The molecule has 0 bridgehead atoms. The van der Waals surface area contributed by atoms with Crippen LogP contribution in [-0.4, -0.2) is 47.5 Å². The maximum Gasteiger partial charge on any atom is 0.316 e. The average molecular weight is 152 g/mol. The van der Waals surface area contributed by atoms with Crippen molar-refractivity contribution in [1.82, 2.24) is 0 Å². The number of rotatable bonds is 0. The molecule has 0 aromatic heterocycles. The van der Waals surface area contributed by atoms with E-state index in [9.17, 15) is 0 Å². The predicted molar refractivity (Wildman–Crippen MR) is 27.0 cm³/mol. The first-order valence-corrected chi connectivity index (χ1v) is 9.00. The van der Waals surface area contributed by atoms with Crippen molar-refractivity contribution in [3.8, 4) is 0 Å². The monoisotopic (exact) mass is 150 g/mol.